The number of benzene rings is 1. The van der Waals surface area contributed by atoms with Crippen molar-refractivity contribution in [2.45, 2.75) is 6.36 Å². The van der Waals surface area contributed by atoms with E-state index in [0.717, 1.165) is 0 Å². The summed E-state index contributed by atoms with van der Waals surface area (Å²) >= 11 is 12.1. The molecule has 2 rings (SSSR count). The maximum atomic E-state index is 11.7. The first-order chi connectivity index (χ1) is 13.8. The second-order valence-electron chi connectivity index (χ2n) is 5.42. The zero-order valence-electron chi connectivity index (χ0n) is 15.0. The Labute approximate surface area is 174 Å². The van der Waals surface area contributed by atoms with Gasteiger partial charge in [-0.1, -0.05) is 35.3 Å². The molecule has 8 nitrogen and oxygen atoms in total. The molecule has 0 amide bonds. The predicted molar refractivity (Wildman–Crippen MR) is 102 cm³/mol. The van der Waals surface area contributed by atoms with E-state index in [1.54, 1.807) is 18.2 Å². The minimum absolute atomic E-state index is 0.127. The third-order valence-electron chi connectivity index (χ3n) is 3.32. The van der Waals surface area contributed by atoms with Gasteiger partial charge < -0.3 is 20.5 Å². The largest absolute Gasteiger partial charge is 0.522 e. The van der Waals surface area contributed by atoms with Gasteiger partial charge in [0, 0.05) is 12.1 Å². The number of rotatable bonds is 11. The molecule has 13 heteroatoms. The van der Waals surface area contributed by atoms with Crippen molar-refractivity contribution in [3.05, 3.63) is 28.2 Å². The Morgan fingerprint density at radius 3 is 2.38 bits per heavy atom. The van der Waals surface area contributed by atoms with Crippen LogP contribution in [-0.4, -0.2) is 61.1 Å². The van der Waals surface area contributed by atoms with Crippen LogP contribution in [0.25, 0.3) is 11.3 Å². The number of nitrogens with zero attached hydrogens (tertiary/aromatic N) is 3. The summed E-state index contributed by atoms with van der Waals surface area (Å²) < 4.78 is 49.0. The smallest absolute Gasteiger partial charge is 0.382 e. The van der Waals surface area contributed by atoms with Crippen molar-refractivity contribution in [3.8, 4) is 11.3 Å². The number of anilines is 2. The minimum Gasteiger partial charge on any atom is -0.382 e. The van der Waals surface area contributed by atoms with Gasteiger partial charge in [-0.25, -0.2) is 0 Å². The van der Waals surface area contributed by atoms with E-state index in [0.29, 0.717) is 27.8 Å². The van der Waals surface area contributed by atoms with Gasteiger partial charge in [0.25, 0.3) is 0 Å². The van der Waals surface area contributed by atoms with Crippen LogP contribution in [0.5, 0.6) is 0 Å². The summed E-state index contributed by atoms with van der Waals surface area (Å²) in [4.78, 5) is 4.11. The molecule has 0 unspecified atom stereocenters. The highest BCUT2D eigenvalue weighted by atomic mass is 35.5. The highest BCUT2D eigenvalue weighted by molar-refractivity contribution is 6.43. The monoisotopic (exact) mass is 455 g/mol. The summed E-state index contributed by atoms with van der Waals surface area (Å²) in [7, 11) is 0. The van der Waals surface area contributed by atoms with Crippen molar-refractivity contribution >= 4 is 35.0 Å². The van der Waals surface area contributed by atoms with Gasteiger partial charge >= 0.3 is 6.36 Å². The Morgan fingerprint density at radius 1 is 1.00 bits per heavy atom. The molecule has 0 saturated heterocycles. The van der Waals surface area contributed by atoms with Crippen LogP contribution in [0, 0.1) is 0 Å². The van der Waals surface area contributed by atoms with E-state index < -0.39 is 13.0 Å². The fraction of sp³-hybridized carbons (Fsp3) is 0.438. The predicted octanol–water partition coefficient (Wildman–Crippen LogP) is 3.41. The zero-order chi connectivity index (χ0) is 21.3. The van der Waals surface area contributed by atoms with E-state index >= 15 is 0 Å². The molecule has 0 aliphatic rings. The van der Waals surface area contributed by atoms with E-state index in [1.165, 1.54) is 0 Å². The second kappa shape index (κ2) is 11.3. The van der Waals surface area contributed by atoms with Gasteiger partial charge in [-0.15, -0.1) is 23.4 Å². The van der Waals surface area contributed by atoms with Crippen LogP contribution in [0.2, 0.25) is 10.0 Å². The third kappa shape index (κ3) is 8.15. The lowest BCUT2D eigenvalue weighted by atomic mass is 10.1. The van der Waals surface area contributed by atoms with Gasteiger partial charge in [0.2, 0.25) is 5.95 Å². The van der Waals surface area contributed by atoms with E-state index in [-0.39, 0.29) is 38.2 Å². The number of nitrogen functional groups attached to an aromatic ring is 1. The first-order valence-electron chi connectivity index (χ1n) is 8.32. The Balaban J connectivity index is 1.66. The summed E-state index contributed by atoms with van der Waals surface area (Å²) in [5, 5.41) is 11.5. The first kappa shape index (κ1) is 23.4. The number of aromatic nitrogens is 3. The summed E-state index contributed by atoms with van der Waals surface area (Å²) in [6.45, 7) is 0.252. The number of hydrogen-bond acceptors (Lipinski definition) is 8. The van der Waals surface area contributed by atoms with Gasteiger partial charge in [0.1, 0.15) is 5.69 Å². The van der Waals surface area contributed by atoms with Gasteiger partial charge in [-0.2, -0.15) is 4.98 Å². The molecule has 1 heterocycles. The number of nitrogens with one attached hydrogen (secondary N) is 1. The fourth-order valence-corrected chi connectivity index (χ4v) is 2.45. The van der Waals surface area contributed by atoms with Crippen molar-refractivity contribution in [3.63, 3.8) is 0 Å². The normalized spacial score (nSPS) is 11.6. The Hall–Kier alpha value is -1.92. The summed E-state index contributed by atoms with van der Waals surface area (Å²) in [6.07, 6.45) is -4.65. The van der Waals surface area contributed by atoms with Gasteiger partial charge in [-0.05, 0) is 6.07 Å². The maximum Gasteiger partial charge on any atom is 0.522 e. The molecule has 0 spiro atoms. The van der Waals surface area contributed by atoms with Crippen molar-refractivity contribution in [1.29, 1.82) is 0 Å². The van der Waals surface area contributed by atoms with Crippen molar-refractivity contribution in [2.24, 2.45) is 0 Å². The van der Waals surface area contributed by atoms with E-state index in [4.69, 9.17) is 38.4 Å². The lowest BCUT2D eigenvalue weighted by Gasteiger charge is -2.10. The Bertz CT molecular complexity index is 799. The molecule has 0 aliphatic carbocycles. The van der Waals surface area contributed by atoms with Crippen LogP contribution in [0.1, 0.15) is 0 Å². The number of ether oxygens (including phenoxy) is 3. The molecule has 0 fully saturated rings. The van der Waals surface area contributed by atoms with Gasteiger partial charge in [-0.3, -0.25) is 4.74 Å². The molecule has 3 N–H and O–H groups in total. The SMILES string of the molecule is Nc1nc(NCCOCCOCCOC(F)(F)F)nnc1-c1cccc(Cl)c1Cl. The summed E-state index contributed by atoms with van der Waals surface area (Å²) in [5.74, 6) is 0.329. The average molecular weight is 456 g/mol. The van der Waals surface area contributed by atoms with Crippen LogP contribution in [0.15, 0.2) is 18.2 Å². The number of hydrogen-bond donors (Lipinski definition) is 2. The Kier molecular flexibility index (Phi) is 9.11. The molecular formula is C16H18Cl2F3N5O3. The highest BCUT2D eigenvalue weighted by Crippen LogP contribution is 2.34. The minimum atomic E-state index is -4.65. The van der Waals surface area contributed by atoms with Crippen molar-refractivity contribution < 1.29 is 27.4 Å². The summed E-state index contributed by atoms with van der Waals surface area (Å²) in [6, 6.07) is 5.05. The molecule has 1 aromatic carbocycles. The van der Waals surface area contributed by atoms with Crippen LogP contribution in [0.4, 0.5) is 24.9 Å². The molecule has 0 atom stereocenters. The van der Waals surface area contributed by atoms with Crippen molar-refractivity contribution in [1.82, 2.24) is 15.2 Å². The molecule has 160 valence electrons. The molecule has 0 aliphatic heterocycles. The Morgan fingerprint density at radius 2 is 1.69 bits per heavy atom. The van der Waals surface area contributed by atoms with Crippen LogP contribution in [0.3, 0.4) is 0 Å². The molecule has 1 aromatic heterocycles. The van der Waals surface area contributed by atoms with Crippen LogP contribution in [-0.2, 0) is 14.2 Å². The first-order valence-corrected chi connectivity index (χ1v) is 9.08. The lowest BCUT2D eigenvalue weighted by molar-refractivity contribution is -0.327. The highest BCUT2D eigenvalue weighted by Gasteiger charge is 2.28. The van der Waals surface area contributed by atoms with Crippen LogP contribution < -0.4 is 11.1 Å². The molecule has 0 saturated carbocycles. The molecule has 0 radical (unpaired) electrons. The molecular weight excluding hydrogens is 438 g/mol. The summed E-state index contributed by atoms with van der Waals surface area (Å²) in [5.41, 5.74) is 6.76. The topological polar surface area (TPSA) is 104 Å². The fourth-order valence-electron chi connectivity index (χ4n) is 2.06. The molecule has 0 bridgehead atoms. The molecule has 29 heavy (non-hydrogen) atoms. The standard InChI is InChI=1S/C16H18Cl2F3N5O3/c17-11-3-1-2-10(12(11)18)13-14(22)24-15(26-25-13)23-4-5-27-6-7-28-8-9-29-16(19,20)21/h1-3H,4-9H2,(H3,22,23,24,26). The number of alkyl halides is 3. The number of halogens is 5. The van der Waals surface area contributed by atoms with Gasteiger partial charge in [0.15, 0.2) is 5.82 Å². The van der Waals surface area contributed by atoms with E-state index in [2.05, 4.69) is 25.2 Å². The van der Waals surface area contributed by atoms with Crippen molar-refractivity contribution in [2.75, 3.05) is 50.6 Å². The quantitative estimate of drug-likeness (QED) is 0.496. The maximum absolute atomic E-state index is 11.7. The number of nitrogens with two attached hydrogens (primary N) is 1. The lowest BCUT2D eigenvalue weighted by Crippen LogP contribution is -2.18. The second-order valence-corrected chi connectivity index (χ2v) is 6.20. The van der Waals surface area contributed by atoms with E-state index in [9.17, 15) is 13.2 Å². The van der Waals surface area contributed by atoms with E-state index in [1.807, 2.05) is 0 Å². The average Bonchev–Trinajstić information content (AvgIpc) is 2.65. The van der Waals surface area contributed by atoms with Crippen LogP contribution >= 0.6 is 23.2 Å². The molecule has 2 aromatic rings. The van der Waals surface area contributed by atoms with Gasteiger partial charge in [0.05, 0.1) is 43.1 Å². The third-order valence-corrected chi connectivity index (χ3v) is 4.13. The zero-order valence-corrected chi connectivity index (χ0v) is 16.5.